The highest BCUT2D eigenvalue weighted by molar-refractivity contribution is 6.01. The maximum absolute atomic E-state index is 12.5. The molecule has 2 N–H and O–H groups in total. The molecule has 0 unspecified atom stereocenters. The van der Waals surface area contributed by atoms with Crippen molar-refractivity contribution < 1.29 is 28.9 Å². The molecule has 2 aliphatic heterocycles. The van der Waals surface area contributed by atoms with Crippen LogP contribution in [-0.2, 0) is 11.3 Å². The van der Waals surface area contributed by atoms with Crippen LogP contribution in [0.1, 0.15) is 32.3 Å². The summed E-state index contributed by atoms with van der Waals surface area (Å²) in [6.07, 6.45) is 4.40. The molecule has 0 atom stereocenters. The van der Waals surface area contributed by atoms with Crippen molar-refractivity contribution in [2.45, 2.75) is 39.3 Å². The van der Waals surface area contributed by atoms with Gasteiger partial charge >= 0.3 is 6.16 Å². The summed E-state index contributed by atoms with van der Waals surface area (Å²) in [5.41, 5.74) is 3.49. The van der Waals surface area contributed by atoms with E-state index in [0.29, 0.717) is 18.9 Å². The number of hydrogen-bond acceptors (Lipinski definition) is 7. The van der Waals surface area contributed by atoms with Crippen LogP contribution in [-0.4, -0.2) is 65.5 Å². The number of ether oxygens (including phenoxy) is 3. The van der Waals surface area contributed by atoms with Crippen molar-refractivity contribution in [3.05, 3.63) is 60.4 Å². The van der Waals surface area contributed by atoms with Crippen LogP contribution in [0.3, 0.4) is 0 Å². The van der Waals surface area contributed by atoms with Gasteiger partial charge < -0.3 is 34.1 Å². The highest BCUT2D eigenvalue weighted by atomic mass is 16.7. The Morgan fingerprint density at radius 1 is 1.03 bits per heavy atom. The van der Waals surface area contributed by atoms with Crippen LogP contribution < -0.4 is 24.4 Å². The zero-order chi connectivity index (χ0) is 27.4. The van der Waals surface area contributed by atoms with Crippen LogP contribution in [0.2, 0.25) is 0 Å². The molecule has 1 aromatic heterocycles. The lowest BCUT2D eigenvalue weighted by atomic mass is 10.00. The Bertz CT molecular complexity index is 1290. The summed E-state index contributed by atoms with van der Waals surface area (Å²) in [6.45, 7) is 7.88. The Hall–Kier alpha value is -4.18. The molecule has 0 aliphatic carbocycles. The predicted octanol–water partition coefficient (Wildman–Crippen LogP) is 4.75. The third kappa shape index (κ3) is 5.96. The van der Waals surface area contributed by atoms with Crippen LogP contribution in [0, 0.1) is 0 Å². The van der Waals surface area contributed by atoms with E-state index in [9.17, 15) is 9.59 Å². The van der Waals surface area contributed by atoms with Gasteiger partial charge in [0.15, 0.2) is 0 Å². The average molecular weight is 535 g/mol. The van der Waals surface area contributed by atoms with Crippen molar-refractivity contribution in [3.8, 4) is 22.9 Å². The molecule has 0 saturated carbocycles. The van der Waals surface area contributed by atoms with Gasteiger partial charge in [0.05, 0.1) is 31.1 Å². The number of anilines is 2. The van der Waals surface area contributed by atoms with Crippen LogP contribution in [0.25, 0.3) is 5.69 Å². The molecule has 10 nitrogen and oxygen atoms in total. The third-order valence-corrected chi connectivity index (χ3v) is 7.04. The number of benzene rings is 2. The molecule has 5 rings (SSSR count). The number of carbonyl (C=O) groups excluding carboxylic acids is 1. The highest BCUT2D eigenvalue weighted by Crippen LogP contribution is 2.38. The van der Waals surface area contributed by atoms with Gasteiger partial charge in [-0.2, -0.15) is 0 Å². The lowest BCUT2D eigenvalue weighted by molar-refractivity contribution is -0.115. The molecule has 0 bridgehead atoms. The van der Waals surface area contributed by atoms with Crippen molar-refractivity contribution in [2.24, 2.45) is 0 Å². The Kier molecular flexibility index (Phi) is 7.92. The number of fused-ring (bicyclic) bond motifs is 1. The van der Waals surface area contributed by atoms with Gasteiger partial charge in [-0.25, -0.2) is 4.79 Å². The molecule has 0 radical (unpaired) electrons. The number of hydrogen-bond donors (Lipinski definition) is 2. The zero-order valence-corrected chi connectivity index (χ0v) is 22.3. The summed E-state index contributed by atoms with van der Waals surface area (Å²) in [5.74, 6) is 1.66. The Balaban J connectivity index is 1.29. The fourth-order valence-electron chi connectivity index (χ4n) is 5.43. The lowest BCUT2D eigenvalue weighted by Crippen LogP contribution is -2.49. The first-order chi connectivity index (χ1) is 18.9. The Morgan fingerprint density at radius 3 is 2.31 bits per heavy atom. The van der Waals surface area contributed by atoms with Crippen molar-refractivity contribution in [3.63, 3.8) is 0 Å². The van der Waals surface area contributed by atoms with Gasteiger partial charge in [0.25, 0.3) is 0 Å². The fraction of sp³-hybridized carbons (Fsp3) is 0.379. The monoisotopic (exact) mass is 534 g/mol. The number of piperidine rings is 1. The molecule has 206 valence electrons. The molecule has 1 amide bonds. The number of nitrogens with zero attached hydrogens (tertiary/aromatic N) is 3. The first-order valence-electron chi connectivity index (χ1n) is 13.3. The van der Waals surface area contributed by atoms with E-state index in [2.05, 4.69) is 27.2 Å². The van der Waals surface area contributed by atoms with Crippen molar-refractivity contribution >= 4 is 23.4 Å². The summed E-state index contributed by atoms with van der Waals surface area (Å²) < 4.78 is 18.9. The number of nitrogens with one attached hydrogen (secondary N) is 1. The minimum Gasteiger partial charge on any atom is -0.492 e. The van der Waals surface area contributed by atoms with Crippen molar-refractivity contribution in [1.29, 1.82) is 0 Å². The average Bonchev–Trinajstić information content (AvgIpc) is 3.43. The number of rotatable bonds is 9. The summed E-state index contributed by atoms with van der Waals surface area (Å²) in [4.78, 5) is 27.9. The Morgan fingerprint density at radius 2 is 1.69 bits per heavy atom. The molecular weight excluding hydrogens is 500 g/mol. The van der Waals surface area contributed by atoms with E-state index in [0.717, 1.165) is 60.9 Å². The van der Waals surface area contributed by atoms with Gasteiger partial charge in [0.1, 0.15) is 22.9 Å². The van der Waals surface area contributed by atoms with E-state index in [1.54, 1.807) is 12.1 Å². The standard InChI is InChI=1S/C29H34N4O6/c1-3-37-25-15-20(16-26(38-4-2)28(25)32-11-5-6-12-32)18-31-13-9-21(10-14-31)33-19-27(34)30-23-17-22(39-29(35)36)7-8-24(23)33/h5-8,11-12,15-17,21H,3-4,9-10,13-14,18-19H2,1-2H3,(H,30,34)(H,35,36). The molecule has 39 heavy (non-hydrogen) atoms. The topological polar surface area (TPSA) is 106 Å². The molecular formula is C29H34N4O6. The minimum absolute atomic E-state index is 0.118. The van der Waals surface area contributed by atoms with Gasteiger partial charge in [-0.05, 0) is 68.7 Å². The van der Waals surface area contributed by atoms with E-state index < -0.39 is 6.16 Å². The second-order valence-corrected chi connectivity index (χ2v) is 9.63. The van der Waals surface area contributed by atoms with E-state index >= 15 is 0 Å². The van der Waals surface area contributed by atoms with Crippen molar-refractivity contribution in [1.82, 2.24) is 9.47 Å². The number of likely N-dealkylation sites (tertiary alicyclic amines) is 1. The second-order valence-electron chi connectivity index (χ2n) is 9.63. The summed E-state index contributed by atoms with van der Waals surface area (Å²) >= 11 is 0. The third-order valence-electron chi connectivity index (χ3n) is 7.04. The molecule has 10 heteroatoms. The molecule has 3 aromatic rings. The normalized spacial score (nSPS) is 15.9. The zero-order valence-electron chi connectivity index (χ0n) is 22.3. The summed E-state index contributed by atoms with van der Waals surface area (Å²) in [7, 11) is 0. The smallest absolute Gasteiger partial charge is 0.492 e. The minimum atomic E-state index is -1.39. The van der Waals surface area contributed by atoms with Gasteiger partial charge in [-0.15, -0.1) is 0 Å². The lowest BCUT2D eigenvalue weighted by Gasteiger charge is -2.42. The summed E-state index contributed by atoms with van der Waals surface area (Å²) in [5, 5.41) is 11.8. The maximum atomic E-state index is 12.5. The molecule has 3 heterocycles. The van der Waals surface area contributed by atoms with Gasteiger partial charge in [-0.3, -0.25) is 9.69 Å². The van der Waals surface area contributed by atoms with Gasteiger partial charge in [0.2, 0.25) is 5.91 Å². The Labute approximate surface area is 227 Å². The SMILES string of the molecule is CCOc1cc(CN2CCC(N3CC(=O)Nc4cc(OC(=O)O)ccc43)CC2)cc(OCC)c1-n1cccc1. The second kappa shape index (κ2) is 11.7. The van der Waals surface area contributed by atoms with Crippen molar-refractivity contribution in [2.75, 3.05) is 43.1 Å². The van der Waals surface area contributed by atoms with Crippen LogP contribution in [0.4, 0.5) is 16.2 Å². The van der Waals surface area contributed by atoms with Crippen LogP contribution in [0.5, 0.6) is 17.2 Å². The number of carbonyl (C=O) groups is 2. The molecule has 1 saturated heterocycles. The molecule has 2 aromatic carbocycles. The van der Waals surface area contributed by atoms with Crippen LogP contribution in [0.15, 0.2) is 54.9 Å². The van der Waals surface area contributed by atoms with Gasteiger partial charge in [0, 0.05) is 44.1 Å². The number of aromatic nitrogens is 1. The molecule has 2 aliphatic rings. The highest BCUT2D eigenvalue weighted by Gasteiger charge is 2.31. The quantitative estimate of drug-likeness (QED) is 0.299. The molecule has 0 spiro atoms. The molecule has 1 fully saturated rings. The predicted molar refractivity (Wildman–Crippen MR) is 147 cm³/mol. The first-order valence-corrected chi connectivity index (χ1v) is 13.3. The first kappa shape index (κ1) is 26.4. The van der Waals surface area contributed by atoms with Gasteiger partial charge in [-0.1, -0.05) is 0 Å². The van der Waals surface area contributed by atoms with Crippen LogP contribution >= 0.6 is 0 Å². The largest absolute Gasteiger partial charge is 0.511 e. The number of amides is 1. The van der Waals surface area contributed by atoms with E-state index in [1.807, 2.05) is 49.0 Å². The maximum Gasteiger partial charge on any atom is 0.511 e. The summed E-state index contributed by atoms with van der Waals surface area (Å²) in [6, 6.07) is 13.4. The van der Waals surface area contributed by atoms with E-state index in [4.69, 9.17) is 19.3 Å². The van der Waals surface area contributed by atoms with E-state index in [-0.39, 0.29) is 24.2 Å². The number of carboxylic acid groups (broad SMARTS) is 1. The van der Waals surface area contributed by atoms with E-state index in [1.165, 1.54) is 0 Å². The fourth-order valence-corrected chi connectivity index (χ4v) is 5.43.